The number of carbonyl (C=O) groups excluding carboxylic acids is 1. The van der Waals surface area contributed by atoms with Crippen molar-refractivity contribution < 1.29 is 9.90 Å². The molecule has 1 amide bonds. The zero-order valence-corrected chi connectivity index (χ0v) is 10.6. The van der Waals surface area contributed by atoms with Gasteiger partial charge in [0.1, 0.15) is 0 Å². The Kier molecular flexibility index (Phi) is 3.82. The number of nitrogen functional groups attached to an aromatic ring is 1. The molecule has 0 heterocycles. The first-order valence-corrected chi connectivity index (χ1v) is 6.01. The van der Waals surface area contributed by atoms with Gasteiger partial charge in [-0.3, -0.25) is 4.79 Å². The summed E-state index contributed by atoms with van der Waals surface area (Å²) in [7, 11) is 0. The first-order chi connectivity index (χ1) is 9.06. The molecule has 2 rings (SSSR count). The fourth-order valence-electron chi connectivity index (χ4n) is 1.73. The smallest absolute Gasteiger partial charge is 0.255 e. The molecule has 0 radical (unpaired) electrons. The number of rotatable bonds is 3. The summed E-state index contributed by atoms with van der Waals surface area (Å²) in [5, 5.41) is 12.2. The van der Waals surface area contributed by atoms with Crippen LogP contribution in [0.25, 0.3) is 0 Å². The van der Waals surface area contributed by atoms with Gasteiger partial charge in [-0.25, -0.2) is 0 Å². The fourth-order valence-corrected chi connectivity index (χ4v) is 1.73. The van der Waals surface area contributed by atoms with Gasteiger partial charge in [0, 0.05) is 16.9 Å². The maximum atomic E-state index is 12.0. The Bertz CT molecular complexity index is 577. The van der Waals surface area contributed by atoms with E-state index in [9.17, 15) is 9.90 Å². The molecular weight excluding hydrogens is 240 g/mol. The Labute approximate surface area is 111 Å². The topological polar surface area (TPSA) is 75.3 Å². The molecule has 0 bridgehead atoms. The quantitative estimate of drug-likeness (QED) is 0.739. The molecule has 0 aliphatic rings. The summed E-state index contributed by atoms with van der Waals surface area (Å²) < 4.78 is 0. The van der Waals surface area contributed by atoms with Crippen molar-refractivity contribution in [3.8, 4) is 0 Å². The zero-order chi connectivity index (χ0) is 13.8. The predicted molar refractivity (Wildman–Crippen MR) is 75.9 cm³/mol. The molecular formula is C15H16N2O2. The number of hydrogen-bond acceptors (Lipinski definition) is 3. The zero-order valence-electron chi connectivity index (χ0n) is 10.6. The normalized spacial score (nSPS) is 11.9. The molecule has 4 N–H and O–H groups in total. The summed E-state index contributed by atoms with van der Waals surface area (Å²) >= 11 is 0. The lowest BCUT2D eigenvalue weighted by atomic mass is 10.1. The highest BCUT2D eigenvalue weighted by Gasteiger charge is 2.06. The summed E-state index contributed by atoms with van der Waals surface area (Å²) in [5.41, 5.74) is 8.19. The van der Waals surface area contributed by atoms with Crippen LogP contribution in [0.15, 0.2) is 48.5 Å². The molecule has 0 aliphatic heterocycles. The number of aliphatic hydroxyl groups is 1. The summed E-state index contributed by atoms with van der Waals surface area (Å²) in [5.74, 6) is -0.211. The minimum absolute atomic E-state index is 0.211. The van der Waals surface area contributed by atoms with E-state index in [0.717, 1.165) is 5.56 Å². The van der Waals surface area contributed by atoms with Gasteiger partial charge in [-0.1, -0.05) is 18.2 Å². The maximum absolute atomic E-state index is 12.0. The molecule has 1 atom stereocenters. The van der Waals surface area contributed by atoms with Crippen molar-refractivity contribution in [2.75, 3.05) is 11.1 Å². The van der Waals surface area contributed by atoms with E-state index in [0.29, 0.717) is 16.9 Å². The van der Waals surface area contributed by atoms with E-state index in [4.69, 9.17) is 5.73 Å². The Balaban J connectivity index is 2.10. The van der Waals surface area contributed by atoms with Crippen LogP contribution in [0.4, 0.5) is 11.4 Å². The van der Waals surface area contributed by atoms with E-state index in [1.165, 1.54) is 0 Å². The first kappa shape index (κ1) is 13.1. The average molecular weight is 256 g/mol. The lowest BCUT2D eigenvalue weighted by Crippen LogP contribution is -2.12. The highest BCUT2D eigenvalue weighted by atomic mass is 16.3. The first-order valence-electron chi connectivity index (χ1n) is 6.01. The molecule has 0 spiro atoms. The molecule has 98 valence electrons. The third kappa shape index (κ3) is 3.33. The van der Waals surface area contributed by atoms with Gasteiger partial charge in [0.15, 0.2) is 0 Å². The van der Waals surface area contributed by atoms with E-state index in [1.54, 1.807) is 55.5 Å². The van der Waals surface area contributed by atoms with Crippen LogP contribution in [-0.4, -0.2) is 11.0 Å². The molecule has 0 saturated heterocycles. The van der Waals surface area contributed by atoms with Crippen molar-refractivity contribution in [3.05, 3.63) is 59.7 Å². The second-order valence-corrected chi connectivity index (χ2v) is 4.38. The Morgan fingerprint density at radius 3 is 2.47 bits per heavy atom. The standard InChI is InChI=1S/C15H16N2O2/c1-10(18)11-5-7-14(8-6-11)17-15(19)12-3-2-4-13(16)9-12/h2-10,18H,16H2,1H3,(H,17,19). The largest absolute Gasteiger partial charge is 0.399 e. The third-order valence-corrected chi connectivity index (χ3v) is 2.80. The van der Waals surface area contributed by atoms with E-state index in [2.05, 4.69) is 5.32 Å². The summed E-state index contributed by atoms with van der Waals surface area (Å²) in [6.45, 7) is 1.69. The van der Waals surface area contributed by atoms with Crippen molar-refractivity contribution in [1.29, 1.82) is 0 Å². The van der Waals surface area contributed by atoms with Crippen LogP contribution >= 0.6 is 0 Å². The number of nitrogens with one attached hydrogen (secondary N) is 1. The van der Waals surface area contributed by atoms with Gasteiger partial charge in [0.25, 0.3) is 5.91 Å². The van der Waals surface area contributed by atoms with Crippen LogP contribution in [0, 0.1) is 0 Å². The number of anilines is 2. The molecule has 19 heavy (non-hydrogen) atoms. The van der Waals surface area contributed by atoms with Gasteiger partial charge in [-0.15, -0.1) is 0 Å². The molecule has 2 aromatic rings. The van der Waals surface area contributed by atoms with Gasteiger partial charge in [-0.2, -0.15) is 0 Å². The highest BCUT2D eigenvalue weighted by molar-refractivity contribution is 6.04. The number of carbonyl (C=O) groups is 1. The number of hydrogen-bond donors (Lipinski definition) is 3. The van der Waals surface area contributed by atoms with E-state index >= 15 is 0 Å². The minimum Gasteiger partial charge on any atom is -0.399 e. The lowest BCUT2D eigenvalue weighted by molar-refractivity contribution is 0.102. The fraction of sp³-hybridized carbons (Fsp3) is 0.133. The summed E-state index contributed by atoms with van der Waals surface area (Å²) in [6, 6.07) is 13.9. The van der Waals surface area contributed by atoms with Crippen LogP contribution in [0.3, 0.4) is 0 Å². The van der Waals surface area contributed by atoms with E-state index < -0.39 is 6.10 Å². The van der Waals surface area contributed by atoms with Crippen molar-refractivity contribution in [1.82, 2.24) is 0 Å². The second-order valence-electron chi connectivity index (χ2n) is 4.38. The van der Waals surface area contributed by atoms with Gasteiger partial charge < -0.3 is 16.2 Å². The molecule has 4 nitrogen and oxygen atoms in total. The number of nitrogens with two attached hydrogens (primary N) is 1. The number of amides is 1. The average Bonchev–Trinajstić information content (AvgIpc) is 2.39. The van der Waals surface area contributed by atoms with Crippen molar-refractivity contribution >= 4 is 17.3 Å². The monoisotopic (exact) mass is 256 g/mol. The molecule has 0 aromatic heterocycles. The Morgan fingerprint density at radius 1 is 1.21 bits per heavy atom. The van der Waals surface area contributed by atoms with Crippen LogP contribution in [-0.2, 0) is 0 Å². The van der Waals surface area contributed by atoms with Crippen molar-refractivity contribution in [2.45, 2.75) is 13.0 Å². The van der Waals surface area contributed by atoms with E-state index in [-0.39, 0.29) is 5.91 Å². The van der Waals surface area contributed by atoms with Crippen LogP contribution in [0.2, 0.25) is 0 Å². The minimum atomic E-state index is -0.515. The van der Waals surface area contributed by atoms with Gasteiger partial charge >= 0.3 is 0 Å². The van der Waals surface area contributed by atoms with Crippen LogP contribution in [0.1, 0.15) is 28.9 Å². The lowest BCUT2D eigenvalue weighted by Gasteiger charge is -2.08. The van der Waals surface area contributed by atoms with Gasteiger partial charge in [-0.05, 0) is 42.8 Å². The molecule has 1 unspecified atom stereocenters. The maximum Gasteiger partial charge on any atom is 0.255 e. The van der Waals surface area contributed by atoms with E-state index in [1.807, 2.05) is 0 Å². The second kappa shape index (κ2) is 5.54. The predicted octanol–water partition coefficient (Wildman–Crippen LogP) is 2.57. The Hall–Kier alpha value is -2.33. The Morgan fingerprint density at radius 2 is 1.89 bits per heavy atom. The number of aliphatic hydroxyl groups excluding tert-OH is 1. The summed E-state index contributed by atoms with van der Waals surface area (Å²) in [4.78, 5) is 12.0. The molecule has 0 saturated carbocycles. The molecule has 4 heteroatoms. The number of benzene rings is 2. The molecule has 0 fully saturated rings. The SMILES string of the molecule is CC(O)c1ccc(NC(=O)c2cccc(N)c2)cc1. The third-order valence-electron chi connectivity index (χ3n) is 2.80. The molecule has 0 aliphatic carbocycles. The summed E-state index contributed by atoms with van der Waals surface area (Å²) in [6.07, 6.45) is -0.515. The van der Waals surface area contributed by atoms with Crippen molar-refractivity contribution in [3.63, 3.8) is 0 Å². The van der Waals surface area contributed by atoms with Gasteiger partial charge in [0.2, 0.25) is 0 Å². The van der Waals surface area contributed by atoms with Crippen molar-refractivity contribution in [2.24, 2.45) is 0 Å². The highest BCUT2D eigenvalue weighted by Crippen LogP contribution is 2.16. The van der Waals surface area contributed by atoms with Crippen LogP contribution < -0.4 is 11.1 Å². The van der Waals surface area contributed by atoms with Gasteiger partial charge in [0.05, 0.1) is 6.10 Å². The molecule has 2 aromatic carbocycles. The van der Waals surface area contributed by atoms with Crippen LogP contribution in [0.5, 0.6) is 0 Å².